The summed E-state index contributed by atoms with van der Waals surface area (Å²) in [5.41, 5.74) is 2.02. The second-order valence-electron chi connectivity index (χ2n) is 5.83. The van der Waals surface area contributed by atoms with Crippen LogP contribution < -0.4 is 11.3 Å². The predicted molar refractivity (Wildman–Crippen MR) is 73.5 cm³/mol. The molecule has 5 atom stereocenters. The van der Waals surface area contributed by atoms with E-state index in [9.17, 15) is 15.3 Å². The standard InChI is InChI=1S/C13H29N3O3/c1-4-9(16-10(17)6-7-11(16)18)8-13(3,5-2)12(19)15-14/h9-12,15,17-19H,4-8,14H2,1-3H3. The molecule has 0 aromatic carbocycles. The third-order valence-corrected chi connectivity index (χ3v) is 4.59. The van der Waals surface area contributed by atoms with Gasteiger partial charge in [-0.15, -0.1) is 0 Å². The summed E-state index contributed by atoms with van der Waals surface area (Å²) in [6.45, 7) is 6.00. The number of aliphatic hydroxyl groups is 3. The van der Waals surface area contributed by atoms with Gasteiger partial charge in [-0.3, -0.25) is 5.84 Å². The maximum atomic E-state index is 10.0. The van der Waals surface area contributed by atoms with Gasteiger partial charge in [0.05, 0.1) is 0 Å². The molecule has 0 aromatic rings. The zero-order chi connectivity index (χ0) is 14.6. The number of hydrogen-bond donors (Lipinski definition) is 5. The molecular formula is C13H29N3O3. The lowest BCUT2D eigenvalue weighted by Gasteiger charge is -2.41. The summed E-state index contributed by atoms with van der Waals surface area (Å²) in [7, 11) is 0. The first-order valence-corrected chi connectivity index (χ1v) is 7.17. The topological polar surface area (TPSA) is 102 Å². The molecule has 0 spiro atoms. The summed E-state index contributed by atoms with van der Waals surface area (Å²) >= 11 is 0. The minimum Gasteiger partial charge on any atom is -0.378 e. The number of hydrogen-bond acceptors (Lipinski definition) is 6. The molecule has 5 unspecified atom stereocenters. The Bertz CT molecular complexity index is 270. The van der Waals surface area contributed by atoms with Gasteiger partial charge in [0.15, 0.2) is 0 Å². The molecule has 114 valence electrons. The van der Waals surface area contributed by atoms with Crippen LogP contribution in [-0.4, -0.2) is 44.9 Å². The second-order valence-corrected chi connectivity index (χ2v) is 5.83. The summed E-state index contributed by atoms with van der Waals surface area (Å²) in [4.78, 5) is 1.76. The molecule has 0 bridgehead atoms. The highest BCUT2D eigenvalue weighted by atomic mass is 16.3. The van der Waals surface area contributed by atoms with Crippen LogP contribution in [0.4, 0.5) is 0 Å². The van der Waals surface area contributed by atoms with Crippen molar-refractivity contribution >= 4 is 0 Å². The van der Waals surface area contributed by atoms with Crippen LogP contribution in [0.2, 0.25) is 0 Å². The fourth-order valence-electron chi connectivity index (χ4n) is 2.93. The van der Waals surface area contributed by atoms with Gasteiger partial charge in [0.1, 0.15) is 18.7 Å². The van der Waals surface area contributed by atoms with Crippen LogP contribution in [0.15, 0.2) is 0 Å². The fraction of sp³-hybridized carbons (Fsp3) is 1.00. The highest BCUT2D eigenvalue weighted by Crippen LogP contribution is 2.36. The Morgan fingerprint density at radius 2 is 1.84 bits per heavy atom. The Morgan fingerprint density at radius 1 is 1.32 bits per heavy atom. The monoisotopic (exact) mass is 275 g/mol. The Hall–Kier alpha value is -0.240. The SMILES string of the molecule is CCC(CC(C)(CC)C(O)NN)N1C(O)CCC1O. The largest absolute Gasteiger partial charge is 0.378 e. The molecule has 0 radical (unpaired) electrons. The van der Waals surface area contributed by atoms with Crippen LogP contribution in [0.3, 0.4) is 0 Å². The lowest BCUT2D eigenvalue weighted by molar-refractivity contribution is -0.101. The summed E-state index contributed by atoms with van der Waals surface area (Å²) in [6.07, 6.45) is 1.43. The van der Waals surface area contributed by atoms with Crippen LogP contribution in [-0.2, 0) is 0 Å². The quantitative estimate of drug-likeness (QED) is 0.256. The van der Waals surface area contributed by atoms with Gasteiger partial charge in [0, 0.05) is 11.5 Å². The smallest absolute Gasteiger partial charge is 0.122 e. The minimum absolute atomic E-state index is 0.0282. The van der Waals surface area contributed by atoms with Crippen LogP contribution >= 0.6 is 0 Å². The lowest BCUT2D eigenvalue weighted by Crippen LogP contribution is -2.52. The molecule has 1 aliphatic rings. The van der Waals surface area contributed by atoms with Crippen molar-refractivity contribution in [3.8, 4) is 0 Å². The Balaban J connectivity index is 2.80. The van der Waals surface area contributed by atoms with Gasteiger partial charge >= 0.3 is 0 Å². The molecule has 1 aliphatic heterocycles. The molecule has 1 fully saturated rings. The van der Waals surface area contributed by atoms with Crippen molar-refractivity contribution in [2.24, 2.45) is 11.3 Å². The van der Waals surface area contributed by atoms with Crippen LogP contribution in [0.25, 0.3) is 0 Å². The van der Waals surface area contributed by atoms with E-state index in [1.54, 1.807) is 4.90 Å². The van der Waals surface area contributed by atoms with Crippen LogP contribution in [0.5, 0.6) is 0 Å². The number of aliphatic hydroxyl groups excluding tert-OH is 3. The van der Waals surface area contributed by atoms with Crippen molar-refractivity contribution in [2.75, 3.05) is 0 Å². The van der Waals surface area contributed by atoms with Gasteiger partial charge in [-0.2, -0.15) is 0 Å². The number of rotatable bonds is 7. The third kappa shape index (κ3) is 3.65. The molecule has 6 heteroatoms. The van der Waals surface area contributed by atoms with E-state index >= 15 is 0 Å². The first-order valence-electron chi connectivity index (χ1n) is 7.17. The van der Waals surface area contributed by atoms with E-state index < -0.39 is 24.1 Å². The first-order chi connectivity index (χ1) is 8.89. The molecule has 0 aromatic heterocycles. The van der Waals surface area contributed by atoms with Crippen LogP contribution in [0.1, 0.15) is 52.9 Å². The van der Waals surface area contributed by atoms with Crippen LogP contribution in [0, 0.1) is 5.41 Å². The van der Waals surface area contributed by atoms with E-state index in [-0.39, 0.29) is 6.04 Å². The van der Waals surface area contributed by atoms with Gasteiger partial charge in [-0.1, -0.05) is 20.8 Å². The summed E-state index contributed by atoms with van der Waals surface area (Å²) in [5, 5.41) is 30.0. The van der Waals surface area contributed by atoms with E-state index in [2.05, 4.69) is 5.43 Å². The zero-order valence-electron chi connectivity index (χ0n) is 12.2. The Labute approximate surface area is 115 Å². The number of nitrogens with one attached hydrogen (secondary N) is 1. The maximum Gasteiger partial charge on any atom is 0.122 e. The van der Waals surface area contributed by atoms with E-state index in [0.29, 0.717) is 19.3 Å². The first kappa shape index (κ1) is 16.8. The average molecular weight is 275 g/mol. The van der Waals surface area contributed by atoms with Crippen molar-refractivity contribution in [3.05, 3.63) is 0 Å². The number of likely N-dealkylation sites (tertiary alicyclic amines) is 1. The normalized spacial score (nSPS) is 31.1. The number of nitrogens with zero attached hydrogens (tertiary/aromatic N) is 1. The van der Waals surface area contributed by atoms with E-state index in [1.807, 2.05) is 20.8 Å². The van der Waals surface area contributed by atoms with Gasteiger partial charge in [-0.25, -0.2) is 10.3 Å². The second kappa shape index (κ2) is 6.97. The van der Waals surface area contributed by atoms with Gasteiger partial charge < -0.3 is 15.3 Å². The number of nitrogens with two attached hydrogens (primary N) is 1. The molecule has 1 saturated heterocycles. The van der Waals surface area contributed by atoms with Gasteiger partial charge in [0.2, 0.25) is 0 Å². The maximum absolute atomic E-state index is 10.0. The third-order valence-electron chi connectivity index (χ3n) is 4.59. The van der Waals surface area contributed by atoms with Crippen molar-refractivity contribution < 1.29 is 15.3 Å². The molecule has 19 heavy (non-hydrogen) atoms. The fourth-order valence-corrected chi connectivity index (χ4v) is 2.93. The van der Waals surface area contributed by atoms with E-state index in [4.69, 9.17) is 5.84 Å². The van der Waals surface area contributed by atoms with E-state index in [0.717, 1.165) is 12.8 Å². The Morgan fingerprint density at radius 3 is 2.21 bits per heavy atom. The summed E-state index contributed by atoms with van der Waals surface area (Å²) < 4.78 is 0. The summed E-state index contributed by atoms with van der Waals surface area (Å²) in [5.74, 6) is 5.35. The lowest BCUT2D eigenvalue weighted by atomic mass is 9.78. The van der Waals surface area contributed by atoms with Crippen molar-refractivity contribution in [1.82, 2.24) is 10.3 Å². The van der Waals surface area contributed by atoms with E-state index in [1.165, 1.54) is 0 Å². The average Bonchev–Trinajstić information content (AvgIpc) is 2.74. The molecule has 0 saturated carbocycles. The zero-order valence-corrected chi connectivity index (χ0v) is 12.2. The highest BCUT2D eigenvalue weighted by molar-refractivity contribution is 4.88. The number of hydrazine groups is 1. The molecule has 1 heterocycles. The molecule has 1 rings (SSSR count). The van der Waals surface area contributed by atoms with Gasteiger partial charge in [-0.05, 0) is 32.1 Å². The predicted octanol–water partition coefficient (Wildman–Crippen LogP) is 0.0857. The van der Waals surface area contributed by atoms with Crippen molar-refractivity contribution in [3.63, 3.8) is 0 Å². The molecular weight excluding hydrogens is 246 g/mol. The highest BCUT2D eigenvalue weighted by Gasteiger charge is 2.40. The molecule has 0 amide bonds. The van der Waals surface area contributed by atoms with Crippen molar-refractivity contribution in [2.45, 2.75) is 77.6 Å². The summed E-state index contributed by atoms with van der Waals surface area (Å²) in [6, 6.07) is 0.0282. The molecule has 6 N–H and O–H groups in total. The molecule has 6 nitrogen and oxygen atoms in total. The minimum atomic E-state index is -0.802. The van der Waals surface area contributed by atoms with Crippen molar-refractivity contribution in [1.29, 1.82) is 0 Å². The van der Waals surface area contributed by atoms with Gasteiger partial charge in [0.25, 0.3) is 0 Å². The Kier molecular flexibility index (Phi) is 6.16. The molecule has 0 aliphatic carbocycles.